The molecule has 0 aromatic carbocycles. The van der Waals surface area contributed by atoms with E-state index in [0.717, 1.165) is 12.3 Å². The Labute approximate surface area is 55.0 Å². The highest BCUT2D eigenvalue weighted by molar-refractivity contribution is 4.90. The summed E-state index contributed by atoms with van der Waals surface area (Å²) in [7, 11) is 0. The van der Waals surface area contributed by atoms with E-state index in [1.54, 1.807) is 0 Å². The van der Waals surface area contributed by atoms with Crippen LogP contribution in [0.15, 0.2) is 0 Å². The molecular weight excluding hydrogens is 114 g/mol. The highest BCUT2D eigenvalue weighted by Crippen LogP contribution is 2.34. The molecule has 0 amide bonds. The minimum atomic E-state index is 0.190. The van der Waals surface area contributed by atoms with Gasteiger partial charge >= 0.3 is 0 Å². The molecule has 1 aliphatic heterocycles. The van der Waals surface area contributed by atoms with Crippen LogP contribution in [0.1, 0.15) is 19.3 Å². The van der Waals surface area contributed by atoms with Crippen LogP contribution in [0.5, 0.6) is 0 Å². The molecule has 9 heavy (non-hydrogen) atoms. The quantitative estimate of drug-likeness (QED) is 0.447. The number of hydrogen-bond acceptors (Lipinski definition) is 3. The van der Waals surface area contributed by atoms with E-state index in [2.05, 4.69) is 10.9 Å². The van der Waals surface area contributed by atoms with Crippen molar-refractivity contribution < 1.29 is 0 Å². The van der Waals surface area contributed by atoms with E-state index in [0.29, 0.717) is 6.04 Å². The third kappa shape index (κ3) is 1.08. The van der Waals surface area contributed by atoms with E-state index in [1.165, 1.54) is 12.8 Å². The molecule has 2 fully saturated rings. The van der Waals surface area contributed by atoms with Crippen LogP contribution in [0.3, 0.4) is 0 Å². The molecule has 1 saturated heterocycles. The highest BCUT2D eigenvalue weighted by Gasteiger charge is 2.35. The van der Waals surface area contributed by atoms with Crippen molar-refractivity contribution in [2.75, 3.05) is 0 Å². The van der Waals surface area contributed by atoms with Crippen molar-refractivity contribution in [1.29, 1.82) is 0 Å². The summed E-state index contributed by atoms with van der Waals surface area (Å²) in [5.74, 6) is 0.922. The van der Waals surface area contributed by atoms with Gasteiger partial charge in [0.15, 0.2) is 0 Å². The molecule has 3 heteroatoms. The summed E-state index contributed by atoms with van der Waals surface area (Å²) in [6, 6.07) is 0.667. The lowest BCUT2D eigenvalue weighted by Crippen LogP contribution is -2.37. The van der Waals surface area contributed by atoms with E-state index in [-0.39, 0.29) is 6.17 Å². The molecule has 0 radical (unpaired) electrons. The van der Waals surface area contributed by atoms with Crippen LogP contribution in [0.2, 0.25) is 0 Å². The largest absolute Gasteiger partial charge is 0.315 e. The molecule has 1 saturated carbocycles. The number of hydrogen-bond donors (Lipinski definition) is 3. The Hall–Kier alpha value is -0.120. The molecule has 0 bridgehead atoms. The summed E-state index contributed by atoms with van der Waals surface area (Å²) in [4.78, 5) is 0. The second kappa shape index (κ2) is 1.94. The number of rotatable bonds is 1. The Morgan fingerprint density at radius 2 is 2.00 bits per heavy atom. The third-order valence-corrected chi connectivity index (χ3v) is 2.15. The second-order valence-corrected chi connectivity index (χ2v) is 3.07. The number of nitrogens with two attached hydrogens (primary N) is 1. The first-order valence-corrected chi connectivity index (χ1v) is 3.63. The first kappa shape index (κ1) is 5.65. The van der Waals surface area contributed by atoms with Crippen molar-refractivity contribution in [2.24, 2.45) is 11.7 Å². The molecule has 2 unspecified atom stereocenters. The molecule has 0 aromatic heterocycles. The van der Waals surface area contributed by atoms with Crippen molar-refractivity contribution >= 4 is 0 Å². The Bertz CT molecular complexity index is 111. The van der Waals surface area contributed by atoms with Crippen LogP contribution in [0.4, 0.5) is 0 Å². The Kier molecular flexibility index (Phi) is 1.22. The minimum Gasteiger partial charge on any atom is -0.315 e. The molecule has 1 aliphatic carbocycles. The monoisotopic (exact) mass is 127 g/mol. The Morgan fingerprint density at radius 3 is 2.44 bits per heavy atom. The van der Waals surface area contributed by atoms with Crippen LogP contribution < -0.4 is 16.6 Å². The van der Waals surface area contributed by atoms with Crippen LogP contribution >= 0.6 is 0 Å². The van der Waals surface area contributed by atoms with Gasteiger partial charge in [-0.15, -0.1) is 0 Å². The summed E-state index contributed by atoms with van der Waals surface area (Å²) < 4.78 is 0. The molecule has 0 aromatic rings. The lowest BCUT2D eigenvalue weighted by Gasteiger charge is -2.03. The zero-order chi connectivity index (χ0) is 6.27. The SMILES string of the molecule is NC1CC(C2CC2)NN1. The van der Waals surface area contributed by atoms with Gasteiger partial charge in [-0.3, -0.25) is 5.43 Å². The summed E-state index contributed by atoms with van der Waals surface area (Å²) in [5, 5.41) is 0. The van der Waals surface area contributed by atoms with Gasteiger partial charge in [-0.05, 0) is 25.2 Å². The first-order valence-electron chi connectivity index (χ1n) is 3.63. The fraction of sp³-hybridized carbons (Fsp3) is 1.00. The highest BCUT2D eigenvalue weighted by atomic mass is 15.4. The van der Waals surface area contributed by atoms with Gasteiger partial charge in [0.1, 0.15) is 0 Å². The molecule has 2 aliphatic rings. The minimum absolute atomic E-state index is 0.190. The average molecular weight is 127 g/mol. The standard InChI is InChI=1S/C6H13N3/c7-6-3-5(8-9-6)4-1-2-4/h4-6,8-9H,1-3,7H2. The first-order chi connectivity index (χ1) is 4.36. The molecule has 1 heterocycles. The molecule has 2 rings (SSSR count). The summed E-state index contributed by atoms with van der Waals surface area (Å²) >= 11 is 0. The van der Waals surface area contributed by atoms with Gasteiger partial charge in [0.25, 0.3) is 0 Å². The van der Waals surface area contributed by atoms with Crippen LogP contribution in [-0.4, -0.2) is 12.2 Å². The predicted octanol–water partition coefficient (Wildman–Crippen LogP) is -0.452. The lowest BCUT2D eigenvalue weighted by atomic mass is 10.1. The topological polar surface area (TPSA) is 50.1 Å². The fourth-order valence-electron chi connectivity index (χ4n) is 1.41. The zero-order valence-electron chi connectivity index (χ0n) is 5.43. The van der Waals surface area contributed by atoms with Crippen molar-refractivity contribution in [2.45, 2.75) is 31.5 Å². The van der Waals surface area contributed by atoms with Crippen LogP contribution in [0.25, 0.3) is 0 Å². The third-order valence-electron chi connectivity index (χ3n) is 2.15. The Morgan fingerprint density at radius 1 is 1.22 bits per heavy atom. The molecule has 52 valence electrons. The van der Waals surface area contributed by atoms with Gasteiger partial charge in [-0.2, -0.15) is 0 Å². The maximum absolute atomic E-state index is 5.62. The van der Waals surface area contributed by atoms with E-state index >= 15 is 0 Å². The second-order valence-electron chi connectivity index (χ2n) is 3.07. The average Bonchev–Trinajstić information content (AvgIpc) is 2.58. The van der Waals surface area contributed by atoms with Crippen molar-refractivity contribution in [3.05, 3.63) is 0 Å². The zero-order valence-corrected chi connectivity index (χ0v) is 5.43. The van der Waals surface area contributed by atoms with Crippen LogP contribution in [0, 0.1) is 5.92 Å². The van der Waals surface area contributed by atoms with Gasteiger partial charge in [0.05, 0.1) is 6.17 Å². The fourth-order valence-corrected chi connectivity index (χ4v) is 1.41. The summed E-state index contributed by atoms with van der Waals surface area (Å²) in [5.41, 5.74) is 11.8. The molecule has 4 N–H and O–H groups in total. The number of nitrogens with one attached hydrogen (secondary N) is 2. The van der Waals surface area contributed by atoms with E-state index < -0.39 is 0 Å². The van der Waals surface area contributed by atoms with Crippen molar-refractivity contribution in [3.63, 3.8) is 0 Å². The maximum Gasteiger partial charge on any atom is 0.0694 e. The van der Waals surface area contributed by atoms with E-state index in [9.17, 15) is 0 Å². The smallest absolute Gasteiger partial charge is 0.0694 e. The number of hydrazine groups is 1. The Balaban J connectivity index is 1.86. The van der Waals surface area contributed by atoms with Gasteiger partial charge in [-0.1, -0.05) is 0 Å². The summed E-state index contributed by atoms with van der Waals surface area (Å²) in [6.45, 7) is 0. The van der Waals surface area contributed by atoms with Gasteiger partial charge in [-0.25, -0.2) is 5.43 Å². The summed E-state index contributed by atoms with van der Waals surface area (Å²) in [6.07, 6.45) is 4.08. The van der Waals surface area contributed by atoms with Gasteiger partial charge in [0, 0.05) is 6.04 Å². The lowest BCUT2D eigenvalue weighted by molar-refractivity contribution is 0.501. The molecule has 2 atom stereocenters. The van der Waals surface area contributed by atoms with Gasteiger partial charge < -0.3 is 5.73 Å². The van der Waals surface area contributed by atoms with Gasteiger partial charge in [0.2, 0.25) is 0 Å². The van der Waals surface area contributed by atoms with E-state index in [4.69, 9.17) is 5.73 Å². The van der Waals surface area contributed by atoms with E-state index in [1.807, 2.05) is 0 Å². The van der Waals surface area contributed by atoms with Crippen LogP contribution in [-0.2, 0) is 0 Å². The van der Waals surface area contributed by atoms with Crippen molar-refractivity contribution in [1.82, 2.24) is 10.9 Å². The van der Waals surface area contributed by atoms with Crippen molar-refractivity contribution in [3.8, 4) is 0 Å². The predicted molar refractivity (Wildman–Crippen MR) is 35.4 cm³/mol. The maximum atomic E-state index is 5.62. The normalized spacial score (nSPS) is 43.7. The molecular formula is C6H13N3. The molecule has 3 nitrogen and oxygen atoms in total. The molecule has 0 spiro atoms.